The van der Waals surface area contributed by atoms with Gasteiger partial charge in [-0.15, -0.1) is 0 Å². The van der Waals surface area contributed by atoms with Gasteiger partial charge < -0.3 is 5.32 Å². The number of rotatable bonds is 3. The Labute approximate surface area is 105 Å². The fourth-order valence-electron chi connectivity index (χ4n) is 3.27. The highest BCUT2D eigenvalue weighted by atomic mass is 14.9. The smallest absolute Gasteiger partial charge is 0.0372 e. The molecule has 94 valence electrons. The lowest BCUT2D eigenvalue weighted by Crippen LogP contribution is -2.21. The summed E-state index contributed by atoms with van der Waals surface area (Å²) in [5.41, 5.74) is 3.18. The molecule has 1 unspecified atom stereocenters. The molecule has 1 heterocycles. The molecule has 2 nitrogen and oxygen atoms in total. The maximum atomic E-state index is 4.41. The van der Waals surface area contributed by atoms with Gasteiger partial charge >= 0.3 is 0 Å². The largest absolute Gasteiger partial charge is 0.313 e. The van der Waals surface area contributed by atoms with Crippen LogP contribution in [0.15, 0.2) is 18.3 Å². The zero-order chi connectivity index (χ0) is 12.8. The predicted molar refractivity (Wildman–Crippen MR) is 71.8 cm³/mol. The van der Waals surface area contributed by atoms with Crippen molar-refractivity contribution in [3.8, 4) is 0 Å². The van der Waals surface area contributed by atoms with Crippen LogP contribution >= 0.6 is 0 Å². The van der Waals surface area contributed by atoms with Crippen LogP contribution in [0.1, 0.15) is 45.0 Å². The number of nitrogens with one attached hydrogen (secondary N) is 1. The van der Waals surface area contributed by atoms with Crippen molar-refractivity contribution in [1.82, 2.24) is 10.3 Å². The van der Waals surface area contributed by atoms with Crippen LogP contribution in [-0.2, 0) is 0 Å². The van der Waals surface area contributed by atoms with Gasteiger partial charge in [-0.2, -0.15) is 0 Å². The average molecular weight is 232 g/mol. The summed E-state index contributed by atoms with van der Waals surface area (Å²) in [7, 11) is 2.05. The highest BCUT2D eigenvalue weighted by Gasteiger charge is 2.67. The van der Waals surface area contributed by atoms with Gasteiger partial charge in [0.25, 0.3) is 0 Å². The number of hydrogen-bond acceptors (Lipinski definition) is 2. The summed E-state index contributed by atoms with van der Waals surface area (Å²) < 4.78 is 0. The molecule has 0 aliphatic heterocycles. The van der Waals surface area contributed by atoms with E-state index >= 15 is 0 Å². The quantitative estimate of drug-likeness (QED) is 0.864. The first-order chi connectivity index (χ1) is 7.82. The number of aromatic nitrogens is 1. The van der Waals surface area contributed by atoms with Crippen molar-refractivity contribution in [1.29, 1.82) is 0 Å². The van der Waals surface area contributed by atoms with Crippen LogP contribution in [0.3, 0.4) is 0 Å². The molecule has 1 aliphatic carbocycles. The number of nitrogens with zero attached hydrogens (tertiary/aromatic N) is 1. The van der Waals surface area contributed by atoms with Crippen molar-refractivity contribution in [2.24, 2.45) is 16.7 Å². The molecule has 2 rings (SSSR count). The zero-order valence-corrected chi connectivity index (χ0v) is 11.8. The van der Waals surface area contributed by atoms with E-state index in [9.17, 15) is 0 Å². The van der Waals surface area contributed by atoms with E-state index in [4.69, 9.17) is 0 Å². The summed E-state index contributed by atoms with van der Waals surface area (Å²) in [6, 6.07) is 4.71. The van der Waals surface area contributed by atoms with Crippen LogP contribution in [0.4, 0.5) is 0 Å². The Kier molecular flexibility index (Phi) is 2.81. The van der Waals surface area contributed by atoms with Crippen LogP contribution in [0.25, 0.3) is 0 Å². The van der Waals surface area contributed by atoms with Crippen molar-refractivity contribution in [3.63, 3.8) is 0 Å². The molecule has 1 aromatic heterocycles. The molecule has 2 heteroatoms. The van der Waals surface area contributed by atoms with Crippen LogP contribution in [0.2, 0.25) is 0 Å². The molecule has 1 aliphatic rings. The minimum atomic E-state index is 0.394. The minimum absolute atomic E-state index is 0.394. The van der Waals surface area contributed by atoms with Crippen LogP contribution in [-0.4, -0.2) is 12.0 Å². The highest BCUT2D eigenvalue weighted by Crippen LogP contribution is 2.72. The second-order valence-corrected chi connectivity index (χ2v) is 6.42. The molecule has 17 heavy (non-hydrogen) atoms. The van der Waals surface area contributed by atoms with Gasteiger partial charge in [-0.1, -0.05) is 33.8 Å². The van der Waals surface area contributed by atoms with E-state index in [0.717, 1.165) is 5.69 Å². The van der Waals surface area contributed by atoms with Crippen molar-refractivity contribution >= 4 is 0 Å². The third-order valence-electron chi connectivity index (χ3n) is 5.07. The maximum absolute atomic E-state index is 4.41. The van der Waals surface area contributed by atoms with Gasteiger partial charge in [0.1, 0.15) is 0 Å². The third kappa shape index (κ3) is 1.79. The monoisotopic (exact) mass is 232 g/mol. The molecule has 0 saturated heterocycles. The number of aryl methyl sites for hydroxylation is 1. The summed E-state index contributed by atoms with van der Waals surface area (Å²) >= 11 is 0. The predicted octanol–water partition coefficient (Wildman–Crippen LogP) is 3.33. The van der Waals surface area contributed by atoms with Gasteiger partial charge in [0.05, 0.1) is 0 Å². The first-order valence-corrected chi connectivity index (χ1v) is 6.42. The van der Waals surface area contributed by atoms with Gasteiger partial charge in [0, 0.05) is 17.9 Å². The Bertz CT molecular complexity index is 389. The molecule has 1 N–H and O–H groups in total. The van der Waals surface area contributed by atoms with Gasteiger partial charge in [0.2, 0.25) is 0 Å². The van der Waals surface area contributed by atoms with E-state index in [-0.39, 0.29) is 0 Å². The fraction of sp³-hybridized carbons (Fsp3) is 0.667. The molecular weight excluding hydrogens is 208 g/mol. The zero-order valence-electron chi connectivity index (χ0n) is 11.8. The molecular formula is C15H24N2. The second-order valence-electron chi connectivity index (χ2n) is 6.42. The van der Waals surface area contributed by atoms with Crippen molar-refractivity contribution in [2.75, 3.05) is 7.05 Å². The molecule has 0 amide bonds. The summed E-state index contributed by atoms with van der Waals surface area (Å²) in [6.45, 7) is 11.5. The first-order valence-electron chi connectivity index (χ1n) is 6.42. The molecule has 1 fully saturated rings. The minimum Gasteiger partial charge on any atom is -0.313 e. The number of pyridine rings is 1. The SMILES string of the molecule is CNC(c1ccc(C)nc1)C1C(C)(C)C1(C)C. The molecule has 0 aromatic carbocycles. The Morgan fingerprint density at radius 2 is 1.76 bits per heavy atom. The Morgan fingerprint density at radius 1 is 1.18 bits per heavy atom. The van der Waals surface area contributed by atoms with E-state index in [1.54, 1.807) is 0 Å². The van der Waals surface area contributed by atoms with Gasteiger partial charge in [-0.25, -0.2) is 0 Å². The highest BCUT2D eigenvalue weighted by molar-refractivity contribution is 5.26. The summed E-state index contributed by atoms with van der Waals surface area (Å²) in [4.78, 5) is 4.41. The Balaban J connectivity index is 2.28. The van der Waals surface area contributed by atoms with Gasteiger partial charge in [-0.3, -0.25) is 4.98 Å². The van der Waals surface area contributed by atoms with Crippen LogP contribution < -0.4 is 5.32 Å². The molecule has 1 saturated carbocycles. The van der Waals surface area contributed by atoms with Gasteiger partial charge in [-0.05, 0) is 42.3 Å². The molecule has 0 spiro atoms. The van der Waals surface area contributed by atoms with E-state index in [2.05, 4.69) is 57.2 Å². The molecule has 1 atom stereocenters. The molecule has 0 radical (unpaired) electrons. The summed E-state index contributed by atoms with van der Waals surface area (Å²) in [6.07, 6.45) is 2.01. The first kappa shape index (κ1) is 12.6. The van der Waals surface area contributed by atoms with Gasteiger partial charge in [0.15, 0.2) is 0 Å². The summed E-state index contributed by atoms with van der Waals surface area (Å²) in [5.74, 6) is 0.671. The lowest BCUT2D eigenvalue weighted by atomic mass is 9.98. The lowest BCUT2D eigenvalue weighted by molar-refractivity contribution is 0.437. The standard InChI is InChI=1S/C15H24N2/c1-10-7-8-11(9-17-10)12(16-6)13-14(2,3)15(13,4)5/h7-9,12-13,16H,1-6H3. The fourth-order valence-corrected chi connectivity index (χ4v) is 3.27. The van der Waals surface area contributed by atoms with Crippen molar-refractivity contribution < 1.29 is 0 Å². The van der Waals surface area contributed by atoms with Crippen molar-refractivity contribution in [2.45, 2.75) is 40.7 Å². The van der Waals surface area contributed by atoms with E-state index < -0.39 is 0 Å². The average Bonchev–Trinajstić information content (AvgIpc) is 2.65. The normalized spacial score (nSPS) is 23.4. The van der Waals surface area contributed by atoms with E-state index in [0.29, 0.717) is 22.8 Å². The molecule has 0 bridgehead atoms. The second kappa shape index (κ2) is 3.81. The number of hydrogen-bond donors (Lipinski definition) is 1. The lowest BCUT2D eigenvalue weighted by Gasteiger charge is -2.19. The van der Waals surface area contributed by atoms with Crippen LogP contribution in [0, 0.1) is 23.7 Å². The van der Waals surface area contributed by atoms with Crippen LogP contribution in [0.5, 0.6) is 0 Å². The van der Waals surface area contributed by atoms with Crippen molar-refractivity contribution in [3.05, 3.63) is 29.6 Å². The topological polar surface area (TPSA) is 24.9 Å². The Morgan fingerprint density at radius 3 is 2.12 bits per heavy atom. The summed E-state index contributed by atoms with van der Waals surface area (Å²) in [5, 5.41) is 3.47. The maximum Gasteiger partial charge on any atom is 0.0372 e. The Hall–Kier alpha value is -0.890. The third-order valence-corrected chi connectivity index (χ3v) is 5.07. The molecule has 1 aromatic rings. The van der Waals surface area contributed by atoms with E-state index in [1.165, 1.54) is 5.56 Å². The van der Waals surface area contributed by atoms with E-state index in [1.807, 2.05) is 13.1 Å².